The molecule has 1 aliphatic carbocycles. The molecular formula is C14H20FN. The van der Waals surface area contributed by atoms with Crippen LogP contribution in [0.4, 0.5) is 4.39 Å². The zero-order valence-electron chi connectivity index (χ0n) is 9.93. The van der Waals surface area contributed by atoms with Gasteiger partial charge in [0.2, 0.25) is 0 Å². The summed E-state index contributed by atoms with van der Waals surface area (Å²) in [7, 11) is 0. The van der Waals surface area contributed by atoms with E-state index in [4.69, 9.17) is 0 Å². The standard InChI is InChI=1S/C14H20FN/c1-2-14(8-3-9-14)11-16-10-12-4-6-13(15)7-5-12/h4-7,16H,2-3,8-11H2,1H3. The fraction of sp³-hybridized carbons (Fsp3) is 0.571. The molecule has 0 atom stereocenters. The van der Waals surface area contributed by atoms with E-state index in [-0.39, 0.29) is 5.82 Å². The molecule has 1 fully saturated rings. The second kappa shape index (κ2) is 4.96. The highest BCUT2D eigenvalue weighted by molar-refractivity contribution is 5.15. The van der Waals surface area contributed by atoms with Gasteiger partial charge in [0.25, 0.3) is 0 Å². The van der Waals surface area contributed by atoms with Crippen molar-refractivity contribution in [2.45, 2.75) is 39.2 Å². The summed E-state index contributed by atoms with van der Waals surface area (Å²) < 4.78 is 12.7. The predicted octanol–water partition coefficient (Wildman–Crippen LogP) is 3.50. The van der Waals surface area contributed by atoms with E-state index in [0.717, 1.165) is 18.7 Å². The van der Waals surface area contributed by atoms with Gasteiger partial charge in [-0.05, 0) is 42.4 Å². The Hall–Kier alpha value is -0.890. The minimum atomic E-state index is -0.159. The van der Waals surface area contributed by atoms with Crippen LogP contribution < -0.4 is 5.32 Å². The summed E-state index contributed by atoms with van der Waals surface area (Å²) in [5, 5.41) is 3.49. The number of hydrogen-bond donors (Lipinski definition) is 1. The minimum absolute atomic E-state index is 0.159. The van der Waals surface area contributed by atoms with Crippen molar-refractivity contribution < 1.29 is 4.39 Å². The average Bonchev–Trinajstić information content (AvgIpc) is 2.25. The molecule has 1 aromatic rings. The highest BCUT2D eigenvalue weighted by Crippen LogP contribution is 2.43. The fourth-order valence-corrected chi connectivity index (χ4v) is 2.41. The summed E-state index contributed by atoms with van der Waals surface area (Å²) in [5.41, 5.74) is 1.71. The van der Waals surface area contributed by atoms with E-state index in [9.17, 15) is 4.39 Å². The lowest BCUT2D eigenvalue weighted by Gasteiger charge is -2.41. The number of benzene rings is 1. The molecule has 88 valence electrons. The molecule has 0 radical (unpaired) electrons. The van der Waals surface area contributed by atoms with Gasteiger partial charge in [-0.1, -0.05) is 25.5 Å². The first-order chi connectivity index (χ1) is 7.74. The lowest BCUT2D eigenvalue weighted by atomic mass is 9.67. The molecule has 0 unspecified atom stereocenters. The van der Waals surface area contributed by atoms with E-state index >= 15 is 0 Å². The maximum Gasteiger partial charge on any atom is 0.123 e. The zero-order valence-corrected chi connectivity index (χ0v) is 9.93. The number of halogens is 1. The van der Waals surface area contributed by atoms with Crippen LogP contribution in [0.5, 0.6) is 0 Å². The van der Waals surface area contributed by atoms with Crippen molar-refractivity contribution in [3.8, 4) is 0 Å². The molecule has 1 aliphatic rings. The summed E-state index contributed by atoms with van der Waals surface area (Å²) in [6.07, 6.45) is 5.37. The molecule has 0 aromatic heterocycles. The van der Waals surface area contributed by atoms with Crippen LogP contribution in [0.1, 0.15) is 38.2 Å². The van der Waals surface area contributed by atoms with Crippen LogP contribution in [0.2, 0.25) is 0 Å². The van der Waals surface area contributed by atoms with E-state index in [1.54, 1.807) is 0 Å². The first-order valence-electron chi connectivity index (χ1n) is 6.19. The van der Waals surface area contributed by atoms with Crippen LogP contribution in [0.25, 0.3) is 0 Å². The van der Waals surface area contributed by atoms with Gasteiger partial charge in [-0.2, -0.15) is 0 Å². The Bertz CT molecular complexity index is 322. The summed E-state index contributed by atoms with van der Waals surface area (Å²) in [5.74, 6) is -0.159. The van der Waals surface area contributed by atoms with Crippen LogP contribution in [-0.4, -0.2) is 6.54 Å². The third kappa shape index (κ3) is 2.62. The number of nitrogens with one attached hydrogen (secondary N) is 1. The molecule has 0 amide bonds. The minimum Gasteiger partial charge on any atom is -0.312 e. The second-order valence-electron chi connectivity index (χ2n) is 4.94. The normalized spacial score (nSPS) is 18.1. The van der Waals surface area contributed by atoms with Crippen LogP contribution in [0, 0.1) is 11.2 Å². The van der Waals surface area contributed by atoms with Crippen molar-refractivity contribution in [3.05, 3.63) is 35.6 Å². The van der Waals surface area contributed by atoms with Crippen molar-refractivity contribution in [3.63, 3.8) is 0 Å². The summed E-state index contributed by atoms with van der Waals surface area (Å²) in [4.78, 5) is 0. The van der Waals surface area contributed by atoms with Gasteiger partial charge in [0.1, 0.15) is 5.82 Å². The van der Waals surface area contributed by atoms with Gasteiger partial charge in [0.05, 0.1) is 0 Å². The monoisotopic (exact) mass is 221 g/mol. The van der Waals surface area contributed by atoms with Crippen LogP contribution >= 0.6 is 0 Å². The van der Waals surface area contributed by atoms with Crippen molar-refractivity contribution >= 4 is 0 Å². The Kier molecular flexibility index (Phi) is 3.59. The predicted molar refractivity (Wildman–Crippen MR) is 64.7 cm³/mol. The Morgan fingerprint density at radius 2 is 1.94 bits per heavy atom. The van der Waals surface area contributed by atoms with E-state index < -0.39 is 0 Å². The van der Waals surface area contributed by atoms with Gasteiger partial charge in [0.15, 0.2) is 0 Å². The second-order valence-corrected chi connectivity index (χ2v) is 4.94. The van der Waals surface area contributed by atoms with Gasteiger partial charge < -0.3 is 5.32 Å². The number of rotatable bonds is 5. The van der Waals surface area contributed by atoms with Crippen LogP contribution in [0.3, 0.4) is 0 Å². The number of hydrogen-bond acceptors (Lipinski definition) is 1. The van der Waals surface area contributed by atoms with Gasteiger partial charge in [-0.15, -0.1) is 0 Å². The lowest BCUT2D eigenvalue weighted by molar-refractivity contribution is 0.124. The Morgan fingerprint density at radius 3 is 2.44 bits per heavy atom. The Morgan fingerprint density at radius 1 is 1.25 bits per heavy atom. The lowest BCUT2D eigenvalue weighted by Crippen LogP contribution is -2.39. The molecule has 1 N–H and O–H groups in total. The molecule has 0 saturated heterocycles. The molecule has 0 spiro atoms. The van der Waals surface area contributed by atoms with Gasteiger partial charge in [-0.25, -0.2) is 4.39 Å². The summed E-state index contributed by atoms with van der Waals surface area (Å²) in [6.45, 7) is 4.22. The van der Waals surface area contributed by atoms with Crippen molar-refractivity contribution in [2.24, 2.45) is 5.41 Å². The summed E-state index contributed by atoms with van der Waals surface area (Å²) in [6, 6.07) is 6.75. The topological polar surface area (TPSA) is 12.0 Å². The van der Waals surface area contributed by atoms with Gasteiger partial charge >= 0.3 is 0 Å². The SMILES string of the molecule is CCC1(CNCc2ccc(F)cc2)CCC1. The highest BCUT2D eigenvalue weighted by atomic mass is 19.1. The quantitative estimate of drug-likeness (QED) is 0.802. The molecule has 2 rings (SSSR count). The highest BCUT2D eigenvalue weighted by Gasteiger charge is 2.34. The fourth-order valence-electron chi connectivity index (χ4n) is 2.41. The molecule has 2 heteroatoms. The van der Waals surface area contributed by atoms with E-state index in [2.05, 4.69) is 12.2 Å². The maximum absolute atomic E-state index is 12.7. The van der Waals surface area contributed by atoms with E-state index in [1.807, 2.05) is 12.1 Å². The molecule has 1 aromatic carbocycles. The molecular weight excluding hydrogens is 201 g/mol. The third-order valence-electron chi connectivity index (χ3n) is 3.91. The van der Waals surface area contributed by atoms with Crippen molar-refractivity contribution in [2.75, 3.05) is 6.54 Å². The molecule has 16 heavy (non-hydrogen) atoms. The zero-order chi connectivity index (χ0) is 11.4. The summed E-state index contributed by atoms with van der Waals surface area (Å²) >= 11 is 0. The first kappa shape index (κ1) is 11.6. The van der Waals surface area contributed by atoms with E-state index in [1.165, 1.54) is 37.8 Å². The first-order valence-corrected chi connectivity index (χ1v) is 6.19. The molecule has 0 bridgehead atoms. The molecule has 0 aliphatic heterocycles. The largest absolute Gasteiger partial charge is 0.312 e. The smallest absolute Gasteiger partial charge is 0.123 e. The molecule has 1 saturated carbocycles. The Labute approximate surface area is 97.1 Å². The molecule has 0 heterocycles. The average molecular weight is 221 g/mol. The third-order valence-corrected chi connectivity index (χ3v) is 3.91. The molecule has 1 nitrogen and oxygen atoms in total. The Balaban J connectivity index is 1.77. The van der Waals surface area contributed by atoms with Crippen molar-refractivity contribution in [1.82, 2.24) is 5.32 Å². The van der Waals surface area contributed by atoms with Crippen LogP contribution in [-0.2, 0) is 6.54 Å². The van der Waals surface area contributed by atoms with Gasteiger partial charge in [0, 0.05) is 13.1 Å². The van der Waals surface area contributed by atoms with Crippen molar-refractivity contribution in [1.29, 1.82) is 0 Å². The van der Waals surface area contributed by atoms with Crippen LogP contribution in [0.15, 0.2) is 24.3 Å². The maximum atomic E-state index is 12.7. The van der Waals surface area contributed by atoms with E-state index in [0.29, 0.717) is 5.41 Å². The van der Waals surface area contributed by atoms with Gasteiger partial charge in [-0.3, -0.25) is 0 Å².